The van der Waals surface area contributed by atoms with Gasteiger partial charge in [-0.1, -0.05) is 183 Å². The van der Waals surface area contributed by atoms with Crippen molar-refractivity contribution >= 4 is 30.0 Å². The molecule has 0 fully saturated rings. The number of aromatic nitrogens is 3. The first-order valence-corrected chi connectivity index (χ1v) is 26.3. The Bertz CT molecular complexity index is 1990. The van der Waals surface area contributed by atoms with E-state index in [0.717, 1.165) is 19.6 Å². The highest BCUT2D eigenvalue weighted by Gasteiger charge is 2.07. The van der Waals surface area contributed by atoms with Crippen LogP contribution in [-0.2, 0) is 19.6 Å². The standard InChI is InChI=1S/C61H87N4/c1-4-5-6-7-8-9-10-11-12-13-16-20-23-26-47-64-51-42-59(43-52-64)60-44-53-65(54-45-60)48-27-24-21-18-15-14-17-19-22-25-46-63-49-40-58(41-50-63)35-34-56-30-28-55(29-31-56)32-33-57-36-38-61(39-37-57)62(2)3/h28-45,49-54H,4-27,46-48H2,1-3H3/q+3. The van der Waals surface area contributed by atoms with E-state index in [1.54, 1.807) is 0 Å². The Kier molecular flexibility index (Phi) is 25.1. The molecule has 5 aromatic rings. The predicted molar refractivity (Wildman–Crippen MR) is 280 cm³/mol. The van der Waals surface area contributed by atoms with E-state index in [1.165, 1.54) is 193 Å². The van der Waals surface area contributed by atoms with Crippen LogP contribution in [0.3, 0.4) is 0 Å². The fraction of sp³-hybridized carbons (Fsp3) is 0.492. The predicted octanol–water partition coefficient (Wildman–Crippen LogP) is 15.7. The normalized spacial score (nSPS) is 11.6. The Morgan fingerprint density at radius 1 is 0.308 bits per heavy atom. The van der Waals surface area contributed by atoms with Gasteiger partial charge in [0.05, 0.1) is 0 Å². The maximum atomic E-state index is 2.36. The quantitative estimate of drug-likeness (QED) is 0.0228. The number of anilines is 1. The lowest BCUT2D eigenvalue weighted by molar-refractivity contribution is -0.697. The van der Waals surface area contributed by atoms with Crippen LogP contribution in [0.5, 0.6) is 0 Å². The van der Waals surface area contributed by atoms with Crippen molar-refractivity contribution in [2.45, 2.75) is 181 Å². The molecule has 0 saturated carbocycles. The van der Waals surface area contributed by atoms with Crippen LogP contribution in [0, 0.1) is 0 Å². The third kappa shape index (κ3) is 21.8. The molecule has 0 amide bonds. The molecule has 0 bridgehead atoms. The molecule has 0 radical (unpaired) electrons. The number of unbranched alkanes of at least 4 members (excludes halogenated alkanes) is 22. The van der Waals surface area contributed by atoms with E-state index in [2.05, 4.69) is 186 Å². The van der Waals surface area contributed by atoms with Crippen molar-refractivity contribution in [3.8, 4) is 11.1 Å². The van der Waals surface area contributed by atoms with Crippen molar-refractivity contribution in [1.29, 1.82) is 0 Å². The highest BCUT2D eigenvalue weighted by atomic mass is 15.1. The maximum Gasteiger partial charge on any atom is 0.169 e. The van der Waals surface area contributed by atoms with Crippen LogP contribution in [0.4, 0.5) is 5.69 Å². The Balaban J connectivity index is 0.815. The van der Waals surface area contributed by atoms with Gasteiger partial charge in [0.15, 0.2) is 37.2 Å². The monoisotopic (exact) mass is 876 g/mol. The van der Waals surface area contributed by atoms with E-state index in [9.17, 15) is 0 Å². The molecule has 0 aliphatic heterocycles. The molecule has 4 heteroatoms. The third-order valence-electron chi connectivity index (χ3n) is 13.2. The number of hydrogen-bond acceptors (Lipinski definition) is 1. The van der Waals surface area contributed by atoms with E-state index in [1.807, 2.05) is 0 Å². The van der Waals surface area contributed by atoms with Crippen LogP contribution in [0.1, 0.15) is 183 Å². The van der Waals surface area contributed by atoms with Gasteiger partial charge in [0, 0.05) is 75.4 Å². The van der Waals surface area contributed by atoms with E-state index in [0.29, 0.717) is 0 Å². The Hall–Kier alpha value is -4.83. The zero-order valence-corrected chi connectivity index (χ0v) is 41.2. The van der Waals surface area contributed by atoms with Crippen molar-refractivity contribution in [3.63, 3.8) is 0 Å². The second-order valence-electron chi connectivity index (χ2n) is 19.0. The van der Waals surface area contributed by atoms with Crippen LogP contribution in [0.2, 0.25) is 0 Å². The molecule has 0 unspecified atom stereocenters. The summed E-state index contributed by atoms with van der Waals surface area (Å²) in [7, 11) is 4.14. The van der Waals surface area contributed by atoms with Gasteiger partial charge >= 0.3 is 0 Å². The van der Waals surface area contributed by atoms with Crippen molar-refractivity contribution in [1.82, 2.24) is 0 Å². The van der Waals surface area contributed by atoms with Crippen molar-refractivity contribution in [2.24, 2.45) is 0 Å². The molecule has 0 atom stereocenters. The second-order valence-corrected chi connectivity index (χ2v) is 19.0. The topological polar surface area (TPSA) is 14.9 Å². The molecule has 3 aromatic heterocycles. The SMILES string of the molecule is CCCCCCCCCCCCCCCC[n+]1ccc(-c2cc[n+](CCCCCCCCCCCC[n+]3ccc(/C=C/c4ccc(/C=C/c5ccc(N(C)C)cc5)cc4)cc3)cc2)cc1. The summed E-state index contributed by atoms with van der Waals surface area (Å²) in [5, 5.41) is 0. The molecule has 5 rings (SSSR count). The van der Waals surface area contributed by atoms with Crippen molar-refractivity contribution in [2.75, 3.05) is 19.0 Å². The summed E-state index contributed by atoms with van der Waals surface area (Å²) >= 11 is 0. The van der Waals surface area contributed by atoms with Gasteiger partial charge in [0.2, 0.25) is 0 Å². The van der Waals surface area contributed by atoms with E-state index in [4.69, 9.17) is 0 Å². The molecule has 0 spiro atoms. The second kappa shape index (κ2) is 31.9. The number of benzene rings is 2. The smallest absolute Gasteiger partial charge is 0.169 e. The lowest BCUT2D eigenvalue weighted by atomic mass is 10.0. The van der Waals surface area contributed by atoms with Gasteiger partial charge in [-0.2, -0.15) is 0 Å². The molecule has 0 saturated heterocycles. The maximum absolute atomic E-state index is 2.36. The summed E-state index contributed by atoms with van der Waals surface area (Å²) in [6.07, 6.45) is 55.5. The van der Waals surface area contributed by atoms with Gasteiger partial charge in [0.1, 0.15) is 19.6 Å². The summed E-state index contributed by atoms with van der Waals surface area (Å²) < 4.78 is 7.05. The minimum absolute atomic E-state index is 1.10. The number of pyridine rings is 3. The average Bonchev–Trinajstić information content (AvgIpc) is 3.34. The first-order chi connectivity index (χ1) is 32.1. The van der Waals surface area contributed by atoms with Crippen LogP contribution in [0.15, 0.2) is 122 Å². The molecule has 0 N–H and O–H groups in total. The fourth-order valence-electron chi connectivity index (χ4n) is 8.81. The zero-order chi connectivity index (χ0) is 45.4. The first kappa shape index (κ1) is 51.2. The number of hydrogen-bond donors (Lipinski definition) is 0. The van der Waals surface area contributed by atoms with E-state index in [-0.39, 0.29) is 0 Å². The Morgan fingerprint density at radius 2 is 0.554 bits per heavy atom. The number of aryl methyl sites for hydroxylation is 3. The van der Waals surface area contributed by atoms with Gasteiger partial charge in [0.25, 0.3) is 0 Å². The van der Waals surface area contributed by atoms with Crippen molar-refractivity contribution < 1.29 is 13.7 Å². The summed E-state index contributed by atoms with van der Waals surface area (Å²) in [5.41, 5.74) is 8.71. The summed E-state index contributed by atoms with van der Waals surface area (Å²) in [5.74, 6) is 0. The highest BCUT2D eigenvalue weighted by molar-refractivity contribution is 5.73. The molecule has 0 aliphatic rings. The molecule has 0 aliphatic carbocycles. The highest BCUT2D eigenvalue weighted by Crippen LogP contribution is 2.19. The zero-order valence-electron chi connectivity index (χ0n) is 41.2. The van der Waals surface area contributed by atoms with Gasteiger partial charge in [-0.05, 0) is 64.8 Å². The average molecular weight is 876 g/mol. The van der Waals surface area contributed by atoms with Gasteiger partial charge in [-0.25, -0.2) is 13.7 Å². The van der Waals surface area contributed by atoms with Crippen LogP contribution in [0.25, 0.3) is 35.4 Å². The minimum Gasteiger partial charge on any atom is -0.378 e. The number of nitrogens with zero attached hydrogens (tertiary/aromatic N) is 4. The van der Waals surface area contributed by atoms with E-state index >= 15 is 0 Å². The molecular weight excluding hydrogens is 789 g/mol. The lowest BCUT2D eigenvalue weighted by Crippen LogP contribution is -2.33. The van der Waals surface area contributed by atoms with Gasteiger partial charge in [-0.15, -0.1) is 0 Å². The molecule has 348 valence electrons. The summed E-state index contributed by atoms with van der Waals surface area (Å²) in [4.78, 5) is 2.12. The fourth-order valence-corrected chi connectivity index (χ4v) is 8.81. The third-order valence-corrected chi connectivity index (χ3v) is 13.2. The number of rotatable bonds is 34. The van der Waals surface area contributed by atoms with Gasteiger partial charge in [-0.3, -0.25) is 0 Å². The molecule has 2 aromatic carbocycles. The molecular formula is C61H87N4+3. The van der Waals surface area contributed by atoms with Crippen LogP contribution in [-0.4, -0.2) is 14.1 Å². The molecule has 65 heavy (non-hydrogen) atoms. The summed E-state index contributed by atoms with van der Waals surface area (Å²) in [6, 6.07) is 31.0. The van der Waals surface area contributed by atoms with Crippen LogP contribution >= 0.6 is 0 Å². The molecule has 3 heterocycles. The van der Waals surface area contributed by atoms with Gasteiger partial charge < -0.3 is 4.90 Å². The summed E-state index contributed by atoms with van der Waals surface area (Å²) in [6.45, 7) is 5.66. The van der Waals surface area contributed by atoms with Crippen LogP contribution < -0.4 is 18.6 Å². The largest absolute Gasteiger partial charge is 0.378 e. The Labute approximate surface area is 397 Å². The molecule has 4 nitrogen and oxygen atoms in total. The van der Waals surface area contributed by atoms with E-state index < -0.39 is 0 Å². The lowest BCUT2D eigenvalue weighted by Gasteiger charge is -2.11. The van der Waals surface area contributed by atoms with Crippen molar-refractivity contribution in [3.05, 3.63) is 144 Å². The first-order valence-electron chi connectivity index (χ1n) is 26.3. The Morgan fingerprint density at radius 3 is 0.846 bits per heavy atom. The minimum atomic E-state index is 1.10.